The first-order chi connectivity index (χ1) is 13.7. The molecule has 1 aromatic carbocycles. The molecule has 1 amide bonds. The van der Waals surface area contributed by atoms with Crippen molar-refractivity contribution in [2.24, 2.45) is 0 Å². The molecule has 0 radical (unpaired) electrons. The van der Waals surface area contributed by atoms with Gasteiger partial charge in [-0.15, -0.1) is 0 Å². The molecule has 6 nitrogen and oxygen atoms in total. The highest BCUT2D eigenvalue weighted by Gasteiger charge is 2.25. The van der Waals surface area contributed by atoms with Gasteiger partial charge in [-0.25, -0.2) is 9.97 Å². The molecular formula is C22H26N4O2. The number of likely N-dealkylation sites (tertiary alicyclic amines) is 1. The van der Waals surface area contributed by atoms with Gasteiger partial charge in [0, 0.05) is 38.7 Å². The first-order valence-corrected chi connectivity index (χ1v) is 9.86. The number of amides is 1. The summed E-state index contributed by atoms with van der Waals surface area (Å²) in [6.07, 6.45) is 5.45. The van der Waals surface area contributed by atoms with Crippen LogP contribution >= 0.6 is 0 Å². The van der Waals surface area contributed by atoms with Crippen LogP contribution in [0.25, 0.3) is 11.2 Å². The lowest BCUT2D eigenvalue weighted by atomic mass is 10.0. The Morgan fingerprint density at radius 2 is 2.00 bits per heavy atom. The number of benzene rings is 1. The van der Waals surface area contributed by atoms with Gasteiger partial charge in [-0.1, -0.05) is 12.1 Å². The zero-order valence-corrected chi connectivity index (χ0v) is 16.5. The number of fused-ring (bicyclic) bond motifs is 1. The van der Waals surface area contributed by atoms with Gasteiger partial charge in [-0.3, -0.25) is 4.79 Å². The number of nitrogens with zero attached hydrogens (tertiary/aromatic N) is 4. The third-order valence-corrected chi connectivity index (χ3v) is 5.57. The van der Waals surface area contributed by atoms with E-state index in [1.54, 1.807) is 14.0 Å². The predicted octanol–water partition coefficient (Wildman–Crippen LogP) is 3.41. The molecule has 146 valence electrons. The summed E-state index contributed by atoms with van der Waals surface area (Å²) >= 11 is 0. The third kappa shape index (κ3) is 3.72. The van der Waals surface area contributed by atoms with Crippen molar-refractivity contribution >= 4 is 17.1 Å². The minimum absolute atomic E-state index is 0.158. The monoisotopic (exact) mass is 378 g/mol. The lowest BCUT2D eigenvalue weighted by Crippen LogP contribution is -2.38. The van der Waals surface area contributed by atoms with Crippen LogP contribution in [0, 0.1) is 0 Å². The average molecular weight is 378 g/mol. The van der Waals surface area contributed by atoms with E-state index in [1.807, 2.05) is 35.4 Å². The lowest BCUT2D eigenvalue weighted by Gasteiger charge is -2.32. The summed E-state index contributed by atoms with van der Waals surface area (Å²) in [6.45, 7) is 3.23. The molecule has 0 atom stereocenters. The van der Waals surface area contributed by atoms with Crippen LogP contribution in [0.1, 0.15) is 37.2 Å². The zero-order chi connectivity index (χ0) is 19.5. The maximum absolute atomic E-state index is 11.7. The summed E-state index contributed by atoms with van der Waals surface area (Å²) in [6, 6.07) is 12.5. The van der Waals surface area contributed by atoms with Crippen LogP contribution in [0.15, 0.2) is 42.6 Å². The summed E-state index contributed by atoms with van der Waals surface area (Å²) in [5, 5.41) is 0. The van der Waals surface area contributed by atoms with Crippen LogP contribution < -0.4 is 4.74 Å². The molecule has 3 aromatic rings. The number of imidazole rings is 1. The molecule has 0 N–H and O–H groups in total. The van der Waals surface area contributed by atoms with E-state index in [0.717, 1.165) is 61.5 Å². The number of pyridine rings is 1. The van der Waals surface area contributed by atoms with Crippen molar-refractivity contribution < 1.29 is 9.53 Å². The molecule has 0 aliphatic carbocycles. The number of ether oxygens (including phenoxy) is 1. The number of piperidine rings is 1. The van der Waals surface area contributed by atoms with Crippen molar-refractivity contribution in [3.05, 3.63) is 54.0 Å². The van der Waals surface area contributed by atoms with Crippen molar-refractivity contribution in [3.63, 3.8) is 0 Å². The number of rotatable bonds is 5. The molecule has 0 spiro atoms. The molecule has 28 heavy (non-hydrogen) atoms. The van der Waals surface area contributed by atoms with E-state index in [-0.39, 0.29) is 5.91 Å². The minimum atomic E-state index is 0.158. The number of hydrogen-bond donors (Lipinski definition) is 0. The van der Waals surface area contributed by atoms with Gasteiger partial charge in [-0.05, 0) is 49.1 Å². The number of aryl methyl sites for hydroxylation is 2. The highest BCUT2D eigenvalue weighted by Crippen LogP contribution is 2.28. The van der Waals surface area contributed by atoms with Crippen molar-refractivity contribution in [2.45, 2.75) is 38.6 Å². The van der Waals surface area contributed by atoms with Gasteiger partial charge >= 0.3 is 0 Å². The van der Waals surface area contributed by atoms with Gasteiger partial charge in [0.05, 0.1) is 7.11 Å². The van der Waals surface area contributed by atoms with Gasteiger partial charge in [0.15, 0.2) is 5.65 Å². The van der Waals surface area contributed by atoms with Crippen LogP contribution in [0.2, 0.25) is 0 Å². The van der Waals surface area contributed by atoms with Gasteiger partial charge < -0.3 is 14.2 Å². The fourth-order valence-electron chi connectivity index (χ4n) is 4.06. The van der Waals surface area contributed by atoms with Crippen molar-refractivity contribution in [1.29, 1.82) is 0 Å². The molecule has 1 saturated heterocycles. The Balaban J connectivity index is 1.59. The number of carbonyl (C=O) groups is 1. The topological polar surface area (TPSA) is 60.3 Å². The summed E-state index contributed by atoms with van der Waals surface area (Å²) in [7, 11) is 1.69. The maximum Gasteiger partial charge on any atom is 0.219 e. The van der Waals surface area contributed by atoms with Gasteiger partial charge in [0.25, 0.3) is 0 Å². The smallest absolute Gasteiger partial charge is 0.219 e. The highest BCUT2D eigenvalue weighted by molar-refractivity contribution is 5.73. The fourth-order valence-corrected chi connectivity index (χ4v) is 4.06. The molecule has 0 saturated carbocycles. The summed E-state index contributed by atoms with van der Waals surface area (Å²) in [5.74, 6) is 2.10. The average Bonchev–Trinajstić information content (AvgIpc) is 3.11. The van der Waals surface area contributed by atoms with Crippen LogP contribution in [0.4, 0.5) is 0 Å². The van der Waals surface area contributed by atoms with Gasteiger partial charge in [0.2, 0.25) is 5.91 Å². The molecule has 0 unspecified atom stereocenters. The van der Waals surface area contributed by atoms with E-state index in [9.17, 15) is 4.79 Å². The van der Waals surface area contributed by atoms with Crippen molar-refractivity contribution in [2.75, 3.05) is 20.2 Å². The summed E-state index contributed by atoms with van der Waals surface area (Å²) in [5.41, 5.74) is 3.12. The first kappa shape index (κ1) is 18.5. The molecule has 1 aliphatic heterocycles. The molecule has 2 aromatic heterocycles. The van der Waals surface area contributed by atoms with E-state index in [1.165, 1.54) is 5.56 Å². The van der Waals surface area contributed by atoms with Crippen LogP contribution in [-0.4, -0.2) is 45.5 Å². The van der Waals surface area contributed by atoms with Gasteiger partial charge in [-0.2, -0.15) is 0 Å². The molecule has 3 heterocycles. The normalized spacial score (nSPS) is 15.1. The molecule has 0 bridgehead atoms. The van der Waals surface area contributed by atoms with E-state index >= 15 is 0 Å². The molecular weight excluding hydrogens is 352 g/mol. The van der Waals surface area contributed by atoms with E-state index in [4.69, 9.17) is 9.72 Å². The Morgan fingerprint density at radius 1 is 1.18 bits per heavy atom. The molecule has 1 fully saturated rings. The maximum atomic E-state index is 11.7. The number of hydrogen-bond acceptors (Lipinski definition) is 4. The lowest BCUT2D eigenvalue weighted by molar-refractivity contribution is -0.130. The first-order valence-electron chi connectivity index (χ1n) is 9.86. The minimum Gasteiger partial charge on any atom is -0.497 e. The van der Waals surface area contributed by atoms with Crippen LogP contribution in [-0.2, 0) is 17.6 Å². The number of carbonyl (C=O) groups excluding carboxylic acids is 1. The highest BCUT2D eigenvalue weighted by atomic mass is 16.5. The second kappa shape index (κ2) is 8.00. The summed E-state index contributed by atoms with van der Waals surface area (Å²) in [4.78, 5) is 23.1. The second-order valence-corrected chi connectivity index (χ2v) is 7.33. The Kier molecular flexibility index (Phi) is 5.28. The Bertz CT molecular complexity index is 974. The van der Waals surface area contributed by atoms with Crippen LogP contribution in [0.3, 0.4) is 0 Å². The number of methoxy groups -OCH3 is 1. The van der Waals surface area contributed by atoms with E-state index in [0.29, 0.717) is 6.04 Å². The van der Waals surface area contributed by atoms with Gasteiger partial charge in [0.1, 0.15) is 17.1 Å². The van der Waals surface area contributed by atoms with E-state index < -0.39 is 0 Å². The van der Waals surface area contributed by atoms with Crippen molar-refractivity contribution in [1.82, 2.24) is 19.4 Å². The Morgan fingerprint density at radius 3 is 2.75 bits per heavy atom. The molecule has 6 heteroatoms. The third-order valence-electron chi connectivity index (χ3n) is 5.57. The fraction of sp³-hybridized carbons (Fsp3) is 0.409. The van der Waals surface area contributed by atoms with Crippen LogP contribution in [0.5, 0.6) is 5.75 Å². The van der Waals surface area contributed by atoms with Crippen molar-refractivity contribution in [3.8, 4) is 5.75 Å². The number of aromatic nitrogens is 3. The van der Waals surface area contributed by atoms with E-state index in [2.05, 4.69) is 21.7 Å². The largest absolute Gasteiger partial charge is 0.497 e. The Labute approximate surface area is 165 Å². The predicted molar refractivity (Wildman–Crippen MR) is 108 cm³/mol. The molecule has 4 rings (SSSR count). The zero-order valence-electron chi connectivity index (χ0n) is 16.5. The SMILES string of the molecule is COc1cccc(CCc2nc3cccnc3n2C2CCN(C(C)=O)CC2)c1. The summed E-state index contributed by atoms with van der Waals surface area (Å²) < 4.78 is 7.65. The second-order valence-electron chi connectivity index (χ2n) is 7.33. The Hall–Kier alpha value is -2.89. The molecule has 1 aliphatic rings. The standard InChI is InChI=1S/C22H26N4O2/c1-16(27)25-13-10-18(11-14-25)26-21(24-20-7-4-12-23-22(20)26)9-8-17-5-3-6-19(15-17)28-2/h3-7,12,15,18H,8-11,13-14H2,1-2H3. The quantitative estimate of drug-likeness (QED) is 0.683.